The lowest BCUT2D eigenvalue weighted by molar-refractivity contribution is -0.384. The van der Waals surface area contributed by atoms with Crippen molar-refractivity contribution in [3.05, 3.63) is 81.5 Å². The lowest BCUT2D eigenvalue weighted by Gasteiger charge is -2.12. The molecule has 28 heavy (non-hydrogen) atoms. The number of nitro benzene ring substituents is 1. The molecule has 1 amide bonds. The number of halogens is 1. The molecule has 1 heterocycles. The summed E-state index contributed by atoms with van der Waals surface area (Å²) in [4.78, 5) is 29.9. The Bertz CT molecular complexity index is 1050. The van der Waals surface area contributed by atoms with Crippen molar-refractivity contribution in [1.29, 1.82) is 0 Å². The molecule has 0 saturated carbocycles. The maximum Gasteiger partial charge on any atom is 0.310 e. The highest BCUT2D eigenvalue weighted by Crippen LogP contribution is 2.23. The van der Waals surface area contributed by atoms with Crippen LogP contribution in [0.5, 0.6) is 0 Å². The third-order valence-corrected chi connectivity index (χ3v) is 4.09. The Morgan fingerprint density at radius 3 is 2.43 bits per heavy atom. The number of benzene rings is 2. The highest BCUT2D eigenvalue weighted by atomic mass is 19.1. The fourth-order valence-electron chi connectivity index (χ4n) is 2.47. The third-order valence-electron chi connectivity index (χ3n) is 4.09. The second kappa shape index (κ2) is 7.78. The summed E-state index contributed by atoms with van der Waals surface area (Å²) < 4.78 is 13.5. The molecule has 142 valence electrons. The van der Waals surface area contributed by atoms with Gasteiger partial charge in [0.1, 0.15) is 5.82 Å². The topological polar surface area (TPSA) is 110 Å². The van der Waals surface area contributed by atoms with Crippen LogP contribution in [-0.4, -0.2) is 20.8 Å². The summed E-state index contributed by atoms with van der Waals surface area (Å²) in [6.07, 6.45) is -0.826. The quantitative estimate of drug-likeness (QED) is 0.390. The number of carbonyl (C=O) groups is 1. The molecule has 0 aliphatic carbocycles. The predicted octanol–water partition coefficient (Wildman–Crippen LogP) is 4.14. The van der Waals surface area contributed by atoms with Gasteiger partial charge >= 0.3 is 6.08 Å². The molecule has 0 atom stereocenters. The fraction of sp³-hybridized carbons (Fsp3) is 0.105. The van der Waals surface area contributed by atoms with E-state index in [1.165, 1.54) is 24.3 Å². The first-order chi connectivity index (χ1) is 13.3. The zero-order valence-electron chi connectivity index (χ0n) is 15.1. The molecule has 0 saturated heterocycles. The number of rotatable bonds is 5. The van der Waals surface area contributed by atoms with Crippen LogP contribution in [0, 0.1) is 30.0 Å². The molecule has 0 unspecified atom stereocenters. The number of amides is 1. The van der Waals surface area contributed by atoms with E-state index in [-0.39, 0.29) is 11.3 Å². The zero-order valence-corrected chi connectivity index (χ0v) is 15.1. The Morgan fingerprint density at radius 2 is 1.75 bits per heavy atom. The molecule has 0 fully saturated rings. The number of hydrogen-bond donors (Lipinski definition) is 2. The number of nitrogens with one attached hydrogen (secondary N) is 2. The average Bonchev–Trinajstić information content (AvgIpc) is 2.66. The minimum atomic E-state index is -0.826. The van der Waals surface area contributed by atoms with Crippen molar-refractivity contribution in [2.75, 3.05) is 10.6 Å². The molecule has 3 rings (SSSR count). The van der Waals surface area contributed by atoms with Crippen LogP contribution in [0.4, 0.5) is 27.3 Å². The van der Waals surface area contributed by atoms with E-state index in [1.54, 1.807) is 38.1 Å². The van der Waals surface area contributed by atoms with Crippen LogP contribution < -0.4 is 10.6 Å². The van der Waals surface area contributed by atoms with Gasteiger partial charge in [-0.05, 0) is 44.2 Å². The highest BCUT2D eigenvalue weighted by Gasteiger charge is 2.11. The van der Waals surface area contributed by atoms with Crippen molar-refractivity contribution in [3.63, 3.8) is 0 Å². The summed E-state index contributed by atoms with van der Waals surface area (Å²) in [6.45, 7) is 3.46. The van der Waals surface area contributed by atoms with Crippen molar-refractivity contribution in [2.24, 2.45) is 0 Å². The number of hydrogen-bond acceptors (Lipinski definition) is 6. The summed E-state index contributed by atoms with van der Waals surface area (Å²) in [7, 11) is 0. The van der Waals surface area contributed by atoms with Crippen LogP contribution in [0.2, 0.25) is 0 Å². The van der Waals surface area contributed by atoms with Crippen molar-refractivity contribution < 1.29 is 14.1 Å². The predicted molar refractivity (Wildman–Crippen MR) is 102 cm³/mol. The smallest absolute Gasteiger partial charge is 0.310 e. The van der Waals surface area contributed by atoms with Gasteiger partial charge in [0, 0.05) is 40.3 Å². The zero-order chi connectivity index (χ0) is 20.3. The number of non-ortho nitro benzene ring substituents is 1. The van der Waals surface area contributed by atoms with E-state index >= 15 is 0 Å². The lowest BCUT2D eigenvalue weighted by Crippen LogP contribution is -2.12. The number of nitrogens with zero attached hydrogens (tertiary/aromatic N) is 3. The lowest BCUT2D eigenvalue weighted by atomic mass is 10.2. The van der Waals surface area contributed by atoms with Crippen molar-refractivity contribution in [2.45, 2.75) is 13.8 Å². The minimum Gasteiger partial charge on any atom is -0.340 e. The van der Waals surface area contributed by atoms with Gasteiger partial charge in [0.25, 0.3) is 11.6 Å². The van der Waals surface area contributed by atoms with Crippen LogP contribution in [0.3, 0.4) is 0 Å². The molecule has 0 spiro atoms. The largest absolute Gasteiger partial charge is 0.340 e. The summed E-state index contributed by atoms with van der Waals surface area (Å²) in [5.41, 5.74) is 2.53. The van der Waals surface area contributed by atoms with E-state index in [0.29, 0.717) is 28.5 Å². The van der Waals surface area contributed by atoms with E-state index in [2.05, 4.69) is 20.6 Å². The summed E-state index contributed by atoms with van der Waals surface area (Å²) in [5.74, 6) is -0.0731. The van der Waals surface area contributed by atoms with Crippen LogP contribution in [0.15, 0.2) is 48.5 Å². The Kier molecular flexibility index (Phi) is 5.25. The highest BCUT2D eigenvalue weighted by molar-refractivity contribution is 6.04. The van der Waals surface area contributed by atoms with E-state index < -0.39 is 16.9 Å². The van der Waals surface area contributed by atoms with Crippen LogP contribution >= 0.6 is 0 Å². The summed E-state index contributed by atoms with van der Waals surface area (Å²) >= 11 is 0. The first-order valence-electron chi connectivity index (χ1n) is 8.27. The van der Waals surface area contributed by atoms with Gasteiger partial charge in [-0.3, -0.25) is 14.9 Å². The van der Waals surface area contributed by atoms with E-state index in [0.717, 1.165) is 0 Å². The molecule has 0 radical (unpaired) electrons. The average molecular weight is 381 g/mol. The Morgan fingerprint density at radius 1 is 1.07 bits per heavy atom. The summed E-state index contributed by atoms with van der Waals surface area (Å²) in [5, 5.41) is 16.4. The van der Waals surface area contributed by atoms with Gasteiger partial charge in [0.2, 0.25) is 0 Å². The minimum absolute atomic E-state index is 0.0921. The number of carbonyl (C=O) groups excluding carboxylic acids is 1. The molecule has 0 aliphatic heterocycles. The van der Waals surface area contributed by atoms with E-state index in [9.17, 15) is 19.3 Å². The van der Waals surface area contributed by atoms with Gasteiger partial charge in [0.05, 0.1) is 4.92 Å². The molecular formula is C19H16FN5O3. The SMILES string of the molecule is Cc1nc(F)nc(Nc2cccc(NC(=O)c3ccc([N+](=O)[O-])cc3)c2)c1C. The van der Waals surface area contributed by atoms with Gasteiger partial charge in [0.15, 0.2) is 0 Å². The molecular weight excluding hydrogens is 365 g/mol. The molecule has 8 nitrogen and oxygen atoms in total. The molecule has 1 aromatic heterocycles. The van der Waals surface area contributed by atoms with Crippen molar-refractivity contribution in [3.8, 4) is 0 Å². The Hall–Kier alpha value is -3.88. The molecule has 2 N–H and O–H groups in total. The van der Waals surface area contributed by atoms with Gasteiger partial charge in [-0.15, -0.1) is 0 Å². The molecule has 2 aromatic carbocycles. The first kappa shape index (κ1) is 18.9. The molecule has 0 bridgehead atoms. The summed E-state index contributed by atoms with van der Waals surface area (Å²) in [6, 6.07) is 12.1. The maximum absolute atomic E-state index is 13.5. The van der Waals surface area contributed by atoms with Gasteiger partial charge in [-0.1, -0.05) is 6.07 Å². The third kappa shape index (κ3) is 4.26. The monoisotopic (exact) mass is 381 g/mol. The van der Waals surface area contributed by atoms with Gasteiger partial charge < -0.3 is 10.6 Å². The molecule has 3 aromatic rings. The maximum atomic E-state index is 13.5. The van der Waals surface area contributed by atoms with E-state index in [4.69, 9.17) is 0 Å². The van der Waals surface area contributed by atoms with Crippen molar-refractivity contribution in [1.82, 2.24) is 9.97 Å². The van der Waals surface area contributed by atoms with Crippen LogP contribution in [0.25, 0.3) is 0 Å². The first-order valence-corrected chi connectivity index (χ1v) is 8.27. The number of aromatic nitrogens is 2. The second-order valence-corrected chi connectivity index (χ2v) is 6.02. The fourth-order valence-corrected chi connectivity index (χ4v) is 2.47. The Balaban J connectivity index is 1.76. The van der Waals surface area contributed by atoms with Crippen molar-refractivity contribution >= 4 is 28.8 Å². The molecule has 0 aliphatic rings. The van der Waals surface area contributed by atoms with Gasteiger partial charge in [-0.2, -0.15) is 9.37 Å². The van der Waals surface area contributed by atoms with Crippen LogP contribution in [0.1, 0.15) is 21.6 Å². The second-order valence-electron chi connectivity index (χ2n) is 6.02. The number of nitro groups is 1. The van der Waals surface area contributed by atoms with E-state index in [1.807, 2.05) is 0 Å². The normalized spacial score (nSPS) is 10.4. The van der Waals surface area contributed by atoms with Crippen LogP contribution in [-0.2, 0) is 0 Å². The molecule has 9 heteroatoms. The standard InChI is InChI=1S/C19H16FN5O3/c1-11-12(2)21-19(20)24-17(11)22-14-4-3-5-15(10-14)23-18(26)13-6-8-16(9-7-13)25(27)28/h3-10H,1-2H3,(H,23,26)(H,21,22,24). The number of aryl methyl sites for hydroxylation is 1. The Labute approximate surface area is 159 Å². The number of anilines is 3. The van der Waals surface area contributed by atoms with Gasteiger partial charge in [-0.25, -0.2) is 4.98 Å².